The molecule has 3 nitrogen and oxygen atoms in total. The van der Waals surface area contributed by atoms with E-state index in [0.29, 0.717) is 0 Å². The molecule has 1 amide bonds. The molecule has 0 fully saturated rings. The van der Waals surface area contributed by atoms with Gasteiger partial charge in [0.25, 0.3) is 5.91 Å². The number of hydrazine groups is 1. The summed E-state index contributed by atoms with van der Waals surface area (Å²) in [7, 11) is 0. The third-order valence-electron chi connectivity index (χ3n) is 2.61. The van der Waals surface area contributed by atoms with Gasteiger partial charge in [-0.25, -0.2) is 0 Å². The summed E-state index contributed by atoms with van der Waals surface area (Å²) in [4.78, 5) is 11.6. The van der Waals surface area contributed by atoms with Gasteiger partial charge >= 0.3 is 0 Å². The molecular weight excluding hydrogens is 236 g/mol. The number of amides is 1. The van der Waals surface area contributed by atoms with Crippen LogP contribution >= 0.6 is 0 Å². The summed E-state index contributed by atoms with van der Waals surface area (Å²) in [5, 5.41) is 0. The smallest absolute Gasteiger partial charge is 0.262 e. The molecule has 2 rings (SSSR count). The second-order valence-electron chi connectivity index (χ2n) is 4.22. The van der Waals surface area contributed by atoms with E-state index in [-0.39, 0.29) is 5.91 Å². The van der Waals surface area contributed by atoms with E-state index in [4.69, 9.17) is 0 Å². The van der Waals surface area contributed by atoms with Gasteiger partial charge in [0, 0.05) is 6.08 Å². The minimum atomic E-state index is -0.190. The van der Waals surface area contributed by atoms with E-state index < -0.39 is 0 Å². The molecule has 96 valence electrons. The van der Waals surface area contributed by atoms with Crippen molar-refractivity contribution in [2.45, 2.75) is 6.92 Å². The number of hydrogen-bond donors (Lipinski definition) is 2. The van der Waals surface area contributed by atoms with E-state index in [0.717, 1.165) is 11.3 Å². The Bertz CT molecular complexity index is 559. The first-order valence-electron chi connectivity index (χ1n) is 6.10. The Hall–Kier alpha value is -2.55. The fourth-order valence-electron chi connectivity index (χ4n) is 1.55. The van der Waals surface area contributed by atoms with Crippen molar-refractivity contribution in [2.75, 3.05) is 5.43 Å². The fourth-order valence-corrected chi connectivity index (χ4v) is 1.55. The Labute approximate surface area is 112 Å². The Kier molecular flexibility index (Phi) is 4.34. The Morgan fingerprint density at radius 2 is 1.68 bits per heavy atom. The zero-order chi connectivity index (χ0) is 13.5. The van der Waals surface area contributed by atoms with Gasteiger partial charge in [0.05, 0.1) is 5.69 Å². The lowest BCUT2D eigenvalue weighted by Crippen LogP contribution is -2.27. The van der Waals surface area contributed by atoms with Gasteiger partial charge in [0.1, 0.15) is 0 Å². The minimum Gasteiger partial charge on any atom is -0.298 e. The van der Waals surface area contributed by atoms with Crippen LogP contribution in [0, 0.1) is 6.92 Å². The number of anilines is 1. The van der Waals surface area contributed by atoms with Gasteiger partial charge in [0.2, 0.25) is 0 Å². The van der Waals surface area contributed by atoms with Crippen LogP contribution in [0.4, 0.5) is 5.69 Å². The molecule has 0 saturated carbocycles. The quantitative estimate of drug-likeness (QED) is 0.648. The van der Waals surface area contributed by atoms with E-state index in [9.17, 15) is 4.79 Å². The number of aryl methyl sites for hydroxylation is 1. The molecule has 2 aromatic rings. The standard InChI is InChI=1S/C16H16N2O/c1-13-7-9-14(10-8-13)11-12-16(19)18-17-15-5-3-2-4-6-15/h2-12,17H,1H3,(H,18,19)/b12-11+. The number of carbonyl (C=O) groups is 1. The van der Waals surface area contributed by atoms with E-state index in [1.807, 2.05) is 61.5 Å². The molecular formula is C16H16N2O. The van der Waals surface area contributed by atoms with Crippen molar-refractivity contribution in [3.05, 3.63) is 71.8 Å². The molecule has 0 aliphatic heterocycles. The maximum Gasteiger partial charge on any atom is 0.262 e. The number of para-hydroxylation sites is 1. The fraction of sp³-hybridized carbons (Fsp3) is 0.0625. The van der Waals surface area contributed by atoms with Gasteiger partial charge in [-0.3, -0.25) is 15.6 Å². The molecule has 0 bridgehead atoms. The zero-order valence-corrected chi connectivity index (χ0v) is 10.8. The first-order valence-corrected chi connectivity index (χ1v) is 6.10. The van der Waals surface area contributed by atoms with Gasteiger partial charge < -0.3 is 0 Å². The monoisotopic (exact) mass is 252 g/mol. The molecule has 0 aliphatic carbocycles. The second kappa shape index (κ2) is 6.40. The SMILES string of the molecule is Cc1ccc(/C=C/C(=O)NNc2ccccc2)cc1. The van der Waals surface area contributed by atoms with Crippen molar-refractivity contribution in [3.8, 4) is 0 Å². The summed E-state index contributed by atoms with van der Waals surface area (Å²) < 4.78 is 0. The first-order chi connectivity index (χ1) is 9.24. The summed E-state index contributed by atoms with van der Waals surface area (Å²) in [5.74, 6) is -0.190. The Balaban J connectivity index is 1.86. The van der Waals surface area contributed by atoms with Crippen LogP contribution in [-0.4, -0.2) is 5.91 Å². The van der Waals surface area contributed by atoms with Crippen molar-refractivity contribution in [3.63, 3.8) is 0 Å². The normalized spacial score (nSPS) is 10.4. The predicted octanol–water partition coefficient (Wildman–Crippen LogP) is 3.15. The van der Waals surface area contributed by atoms with E-state index >= 15 is 0 Å². The summed E-state index contributed by atoms with van der Waals surface area (Å²) in [6.45, 7) is 2.03. The van der Waals surface area contributed by atoms with E-state index in [1.54, 1.807) is 6.08 Å². The van der Waals surface area contributed by atoms with Crippen LogP contribution in [0.15, 0.2) is 60.7 Å². The van der Waals surface area contributed by atoms with Gasteiger partial charge in [-0.2, -0.15) is 0 Å². The van der Waals surface area contributed by atoms with Crippen molar-refractivity contribution in [2.24, 2.45) is 0 Å². The molecule has 2 aromatic carbocycles. The topological polar surface area (TPSA) is 41.1 Å². The van der Waals surface area contributed by atoms with Crippen LogP contribution in [0.1, 0.15) is 11.1 Å². The molecule has 0 heterocycles. The van der Waals surface area contributed by atoms with Crippen LogP contribution in [0.5, 0.6) is 0 Å². The molecule has 0 radical (unpaired) electrons. The molecule has 0 unspecified atom stereocenters. The lowest BCUT2D eigenvalue weighted by atomic mass is 10.1. The van der Waals surface area contributed by atoms with Crippen molar-refractivity contribution in [1.82, 2.24) is 5.43 Å². The third-order valence-corrected chi connectivity index (χ3v) is 2.61. The lowest BCUT2D eigenvalue weighted by molar-refractivity contribution is -0.115. The number of carbonyl (C=O) groups excluding carboxylic acids is 1. The highest BCUT2D eigenvalue weighted by Crippen LogP contribution is 2.05. The summed E-state index contributed by atoms with van der Waals surface area (Å²) in [6, 6.07) is 17.5. The van der Waals surface area contributed by atoms with Gasteiger partial charge in [-0.05, 0) is 30.7 Å². The zero-order valence-electron chi connectivity index (χ0n) is 10.8. The van der Waals surface area contributed by atoms with E-state index in [1.165, 1.54) is 11.6 Å². The van der Waals surface area contributed by atoms with Gasteiger partial charge in [0.15, 0.2) is 0 Å². The Morgan fingerprint density at radius 1 is 1.00 bits per heavy atom. The largest absolute Gasteiger partial charge is 0.298 e. The Morgan fingerprint density at radius 3 is 2.37 bits per heavy atom. The van der Waals surface area contributed by atoms with Crippen LogP contribution in [0.2, 0.25) is 0 Å². The molecule has 0 spiro atoms. The number of nitrogens with one attached hydrogen (secondary N) is 2. The number of benzene rings is 2. The summed E-state index contributed by atoms with van der Waals surface area (Å²) in [6.07, 6.45) is 3.28. The summed E-state index contributed by atoms with van der Waals surface area (Å²) >= 11 is 0. The van der Waals surface area contributed by atoms with Crippen molar-refractivity contribution >= 4 is 17.7 Å². The van der Waals surface area contributed by atoms with Crippen LogP contribution in [0.25, 0.3) is 6.08 Å². The molecule has 0 saturated heterocycles. The van der Waals surface area contributed by atoms with Gasteiger partial charge in [-0.1, -0.05) is 48.0 Å². The molecule has 0 aliphatic rings. The highest BCUT2D eigenvalue weighted by Gasteiger charge is 1.94. The number of rotatable bonds is 4. The van der Waals surface area contributed by atoms with E-state index in [2.05, 4.69) is 10.9 Å². The summed E-state index contributed by atoms with van der Waals surface area (Å²) in [5.41, 5.74) is 8.49. The highest BCUT2D eigenvalue weighted by molar-refractivity contribution is 5.92. The van der Waals surface area contributed by atoms with Crippen molar-refractivity contribution in [1.29, 1.82) is 0 Å². The molecule has 2 N–H and O–H groups in total. The lowest BCUT2D eigenvalue weighted by Gasteiger charge is -2.05. The molecule has 3 heteroatoms. The van der Waals surface area contributed by atoms with Crippen LogP contribution in [0.3, 0.4) is 0 Å². The molecule has 19 heavy (non-hydrogen) atoms. The second-order valence-corrected chi connectivity index (χ2v) is 4.22. The molecule has 0 atom stereocenters. The maximum atomic E-state index is 11.6. The average molecular weight is 252 g/mol. The van der Waals surface area contributed by atoms with Crippen LogP contribution < -0.4 is 10.9 Å². The molecule has 0 aromatic heterocycles. The minimum absolute atomic E-state index is 0.190. The van der Waals surface area contributed by atoms with Gasteiger partial charge in [-0.15, -0.1) is 0 Å². The average Bonchev–Trinajstić information content (AvgIpc) is 2.45. The van der Waals surface area contributed by atoms with Crippen LogP contribution in [-0.2, 0) is 4.79 Å². The number of hydrogen-bond acceptors (Lipinski definition) is 2. The third kappa shape index (κ3) is 4.32. The van der Waals surface area contributed by atoms with Crippen molar-refractivity contribution < 1.29 is 4.79 Å². The first kappa shape index (κ1) is 12.9. The predicted molar refractivity (Wildman–Crippen MR) is 78.4 cm³/mol. The highest BCUT2D eigenvalue weighted by atomic mass is 16.2. The maximum absolute atomic E-state index is 11.6.